The van der Waals surface area contributed by atoms with Crippen molar-refractivity contribution in [3.05, 3.63) is 0 Å². The summed E-state index contributed by atoms with van der Waals surface area (Å²) in [5.74, 6) is 1.66. The van der Waals surface area contributed by atoms with Gasteiger partial charge in [0.25, 0.3) is 0 Å². The highest BCUT2D eigenvalue weighted by atomic mass is 15.1. The molecule has 0 amide bonds. The van der Waals surface area contributed by atoms with E-state index in [-0.39, 0.29) is 0 Å². The molecule has 1 aliphatic carbocycles. The number of nitrogens with zero attached hydrogens (tertiary/aromatic N) is 1. The van der Waals surface area contributed by atoms with Gasteiger partial charge in [0.2, 0.25) is 0 Å². The standard InChI is InChI=1S/C13H28N2/c1-4-11(3)15(5-2)10-13-8-6-7-12(13)9-14/h11-13H,4-10,14H2,1-3H3. The van der Waals surface area contributed by atoms with Gasteiger partial charge >= 0.3 is 0 Å². The Morgan fingerprint density at radius 2 is 1.93 bits per heavy atom. The van der Waals surface area contributed by atoms with Crippen LogP contribution in [0.2, 0.25) is 0 Å². The van der Waals surface area contributed by atoms with Crippen LogP contribution in [-0.4, -0.2) is 30.6 Å². The van der Waals surface area contributed by atoms with Gasteiger partial charge in [0, 0.05) is 12.6 Å². The molecular weight excluding hydrogens is 184 g/mol. The number of hydrogen-bond acceptors (Lipinski definition) is 2. The van der Waals surface area contributed by atoms with Crippen LogP contribution < -0.4 is 5.73 Å². The second-order valence-electron chi connectivity index (χ2n) is 5.03. The van der Waals surface area contributed by atoms with E-state index in [9.17, 15) is 0 Å². The summed E-state index contributed by atoms with van der Waals surface area (Å²) in [6, 6.07) is 0.731. The lowest BCUT2D eigenvalue weighted by molar-refractivity contribution is 0.165. The SMILES string of the molecule is CCC(C)N(CC)CC1CCCC1CN. The van der Waals surface area contributed by atoms with Crippen molar-refractivity contribution in [3.8, 4) is 0 Å². The Morgan fingerprint density at radius 1 is 1.27 bits per heavy atom. The van der Waals surface area contributed by atoms with Gasteiger partial charge in [-0.3, -0.25) is 0 Å². The van der Waals surface area contributed by atoms with Crippen molar-refractivity contribution in [1.29, 1.82) is 0 Å². The maximum atomic E-state index is 5.83. The number of rotatable bonds is 6. The number of nitrogens with two attached hydrogens (primary N) is 1. The molecule has 0 heterocycles. The molecule has 0 saturated heterocycles. The van der Waals surface area contributed by atoms with Crippen LogP contribution in [-0.2, 0) is 0 Å². The van der Waals surface area contributed by atoms with Gasteiger partial charge in [-0.05, 0) is 51.1 Å². The molecule has 0 bridgehead atoms. The van der Waals surface area contributed by atoms with Gasteiger partial charge in [0.1, 0.15) is 0 Å². The molecule has 1 saturated carbocycles. The van der Waals surface area contributed by atoms with Crippen LogP contribution in [0.3, 0.4) is 0 Å². The van der Waals surface area contributed by atoms with Gasteiger partial charge in [-0.1, -0.05) is 20.3 Å². The highest BCUT2D eigenvalue weighted by molar-refractivity contribution is 4.81. The van der Waals surface area contributed by atoms with Gasteiger partial charge in [-0.15, -0.1) is 0 Å². The third kappa shape index (κ3) is 3.46. The van der Waals surface area contributed by atoms with Crippen molar-refractivity contribution in [2.45, 2.75) is 52.5 Å². The van der Waals surface area contributed by atoms with E-state index < -0.39 is 0 Å². The molecule has 1 fully saturated rings. The largest absolute Gasteiger partial charge is 0.330 e. The molecule has 90 valence electrons. The van der Waals surface area contributed by atoms with Gasteiger partial charge in [-0.2, -0.15) is 0 Å². The molecule has 3 atom stereocenters. The maximum Gasteiger partial charge on any atom is 0.00643 e. The average Bonchev–Trinajstić information content (AvgIpc) is 2.71. The molecule has 0 aromatic carbocycles. The third-order valence-electron chi connectivity index (χ3n) is 4.21. The molecule has 2 nitrogen and oxygen atoms in total. The summed E-state index contributed by atoms with van der Waals surface area (Å²) in [4.78, 5) is 2.62. The lowest BCUT2D eigenvalue weighted by Gasteiger charge is -2.31. The molecule has 2 heteroatoms. The van der Waals surface area contributed by atoms with E-state index in [2.05, 4.69) is 25.7 Å². The zero-order valence-corrected chi connectivity index (χ0v) is 10.7. The minimum atomic E-state index is 0.731. The molecule has 0 aliphatic heterocycles. The second kappa shape index (κ2) is 6.49. The van der Waals surface area contributed by atoms with E-state index in [1.165, 1.54) is 38.8 Å². The van der Waals surface area contributed by atoms with E-state index in [0.29, 0.717) is 0 Å². The minimum Gasteiger partial charge on any atom is -0.330 e. The smallest absolute Gasteiger partial charge is 0.00643 e. The van der Waals surface area contributed by atoms with Crippen molar-refractivity contribution in [1.82, 2.24) is 4.90 Å². The van der Waals surface area contributed by atoms with Gasteiger partial charge in [-0.25, -0.2) is 0 Å². The lowest BCUT2D eigenvalue weighted by atomic mass is 9.95. The zero-order chi connectivity index (χ0) is 11.3. The van der Waals surface area contributed by atoms with Gasteiger partial charge in [0.05, 0.1) is 0 Å². The fourth-order valence-corrected chi connectivity index (χ4v) is 2.84. The van der Waals surface area contributed by atoms with Crippen LogP contribution in [0.4, 0.5) is 0 Å². The zero-order valence-electron chi connectivity index (χ0n) is 10.7. The summed E-state index contributed by atoms with van der Waals surface area (Å²) >= 11 is 0. The summed E-state index contributed by atoms with van der Waals surface area (Å²) in [6.07, 6.45) is 5.41. The topological polar surface area (TPSA) is 29.3 Å². The summed E-state index contributed by atoms with van der Waals surface area (Å²) < 4.78 is 0. The van der Waals surface area contributed by atoms with E-state index in [1.54, 1.807) is 0 Å². The fourth-order valence-electron chi connectivity index (χ4n) is 2.84. The molecule has 1 rings (SSSR count). The van der Waals surface area contributed by atoms with Crippen molar-refractivity contribution in [2.75, 3.05) is 19.6 Å². The first kappa shape index (κ1) is 13.0. The molecule has 0 aromatic heterocycles. The molecular formula is C13H28N2. The molecule has 0 radical (unpaired) electrons. The van der Waals surface area contributed by atoms with E-state index >= 15 is 0 Å². The molecule has 0 spiro atoms. The Hall–Kier alpha value is -0.0800. The average molecular weight is 212 g/mol. The predicted molar refractivity (Wildman–Crippen MR) is 66.9 cm³/mol. The summed E-state index contributed by atoms with van der Waals surface area (Å²) in [5.41, 5.74) is 5.83. The van der Waals surface area contributed by atoms with Crippen LogP contribution in [0.1, 0.15) is 46.5 Å². The monoisotopic (exact) mass is 212 g/mol. The van der Waals surface area contributed by atoms with E-state index in [1.807, 2.05) is 0 Å². The lowest BCUT2D eigenvalue weighted by Crippen LogP contribution is -2.38. The Bertz CT molecular complexity index is 170. The van der Waals surface area contributed by atoms with Gasteiger partial charge < -0.3 is 10.6 Å². The van der Waals surface area contributed by atoms with Crippen molar-refractivity contribution >= 4 is 0 Å². The third-order valence-corrected chi connectivity index (χ3v) is 4.21. The maximum absolute atomic E-state index is 5.83. The summed E-state index contributed by atoms with van der Waals surface area (Å²) in [6.45, 7) is 10.2. The predicted octanol–water partition coefficient (Wildman–Crippen LogP) is 2.48. The summed E-state index contributed by atoms with van der Waals surface area (Å²) in [7, 11) is 0. The first-order chi connectivity index (χ1) is 7.22. The Kier molecular flexibility index (Phi) is 5.62. The van der Waals surface area contributed by atoms with Crippen molar-refractivity contribution in [3.63, 3.8) is 0 Å². The minimum absolute atomic E-state index is 0.731. The second-order valence-corrected chi connectivity index (χ2v) is 5.03. The molecule has 2 N–H and O–H groups in total. The quantitative estimate of drug-likeness (QED) is 0.733. The van der Waals surface area contributed by atoms with Gasteiger partial charge in [0.15, 0.2) is 0 Å². The van der Waals surface area contributed by atoms with Crippen LogP contribution in [0.25, 0.3) is 0 Å². The highest BCUT2D eigenvalue weighted by Crippen LogP contribution is 2.31. The molecule has 3 unspecified atom stereocenters. The Morgan fingerprint density at radius 3 is 2.47 bits per heavy atom. The van der Waals surface area contributed by atoms with Crippen LogP contribution in [0.15, 0.2) is 0 Å². The van der Waals surface area contributed by atoms with E-state index in [4.69, 9.17) is 5.73 Å². The molecule has 0 aromatic rings. The van der Waals surface area contributed by atoms with Crippen molar-refractivity contribution in [2.24, 2.45) is 17.6 Å². The molecule has 1 aliphatic rings. The highest BCUT2D eigenvalue weighted by Gasteiger charge is 2.28. The van der Waals surface area contributed by atoms with Crippen molar-refractivity contribution < 1.29 is 0 Å². The van der Waals surface area contributed by atoms with Crippen LogP contribution in [0.5, 0.6) is 0 Å². The first-order valence-electron chi connectivity index (χ1n) is 6.67. The fraction of sp³-hybridized carbons (Fsp3) is 1.00. The number of hydrogen-bond donors (Lipinski definition) is 1. The van der Waals surface area contributed by atoms with Crippen LogP contribution >= 0.6 is 0 Å². The van der Waals surface area contributed by atoms with Crippen LogP contribution in [0, 0.1) is 11.8 Å². The molecule has 15 heavy (non-hydrogen) atoms. The first-order valence-corrected chi connectivity index (χ1v) is 6.67. The van der Waals surface area contributed by atoms with E-state index in [0.717, 1.165) is 24.4 Å². The summed E-state index contributed by atoms with van der Waals surface area (Å²) in [5, 5.41) is 0. The Labute approximate surface area is 95.2 Å². The Balaban J connectivity index is 2.43. The normalized spacial score (nSPS) is 28.6.